The van der Waals surface area contributed by atoms with Gasteiger partial charge in [0.25, 0.3) is 5.69 Å². The molecule has 0 aliphatic carbocycles. The van der Waals surface area contributed by atoms with Gasteiger partial charge in [-0.2, -0.15) is 0 Å². The number of carbonyl (C=O) groups is 1. The van der Waals surface area contributed by atoms with Crippen LogP contribution in [-0.4, -0.2) is 28.9 Å². The summed E-state index contributed by atoms with van der Waals surface area (Å²) in [5.74, 6) is -0.458. The third kappa shape index (κ3) is 6.67. The van der Waals surface area contributed by atoms with Crippen LogP contribution in [0, 0.1) is 10.1 Å². The van der Waals surface area contributed by atoms with Crippen LogP contribution in [0.3, 0.4) is 0 Å². The fourth-order valence-corrected chi connectivity index (χ4v) is 2.52. The Labute approximate surface area is 159 Å². The number of nitro groups is 1. The van der Waals surface area contributed by atoms with Gasteiger partial charge in [0.15, 0.2) is 0 Å². The zero-order valence-corrected chi connectivity index (χ0v) is 15.6. The monoisotopic (exact) mass is 368 g/mol. The number of ether oxygens (including phenoxy) is 1. The average Bonchev–Trinajstić information content (AvgIpc) is 2.70. The molecule has 6 nitrogen and oxygen atoms in total. The molecular weight excluding hydrogens is 344 g/mol. The van der Waals surface area contributed by atoms with Gasteiger partial charge in [-0.3, -0.25) is 15.0 Å². The van der Waals surface area contributed by atoms with E-state index in [1.165, 1.54) is 23.8 Å². The molecule has 6 heteroatoms. The number of hydrogen-bond acceptors (Lipinski definition) is 5. The Kier molecular flexibility index (Phi) is 7.70. The average molecular weight is 368 g/mol. The molecular formula is C21H24N2O4. The summed E-state index contributed by atoms with van der Waals surface area (Å²) in [6.07, 6.45) is 2.88. The number of benzene rings is 2. The summed E-state index contributed by atoms with van der Waals surface area (Å²) in [7, 11) is 0. The van der Waals surface area contributed by atoms with E-state index in [-0.39, 0.29) is 12.3 Å². The molecule has 0 aliphatic rings. The molecule has 0 fully saturated rings. The molecule has 0 radical (unpaired) electrons. The minimum atomic E-state index is -0.463. The lowest BCUT2D eigenvalue weighted by atomic mass is 10.1. The van der Waals surface area contributed by atoms with Crippen molar-refractivity contribution in [1.29, 1.82) is 0 Å². The summed E-state index contributed by atoms with van der Waals surface area (Å²) in [5, 5.41) is 10.6. The topological polar surface area (TPSA) is 72.7 Å². The maximum atomic E-state index is 11.8. The fourth-order valence-electron chi connectivity index (χ4n) is 2.52. The van der Waals surface area contributed by atoms with Gasteiger partial charge in [-0.25, -0.2) is 4.79 Å². The Morgan fingerprint density at radius 2 is 1.63 bits per heavy atom. The van der Waals surface area contributed by atoms with Gasteiger partial charge in [0.05, 0.1) is 4.92 Å². The molecule has 0 saturated carbocycles. The summed E-state index contributed by atoms with van der Waals surface area (Å²) < 4.78 is 5.23. The van der Waals surface area contributed by atoms with Crippen LogP contribution in [0.5, 0.6) is 0 Å². The Morgan fingerprint density at radius 1 is 1.04 bits per heavy atom. The van der Waals surface area contributed by atoms with Gasteiger partial charge in [0.2, 0.25) is 0 Å². The van der Waals surface area contributed by atoms with Gasteiger partial charge in [0.1, 0.15) is 6.61 Å². The van der Waals surface area contributed by atoms with Crippen LogP contribution in [0.1, 0.15) is 30.5 Å². The number of non-ortho nitro benzene ring substituents is 1. The van der Waals surface area contributed by atoms with Crippen molar-refractivity contribution < 1.29 is 14.5 Å². The Morgan fingerprint density at radius 3 is 2.19 bits per heavy atom. The van der Waals surface area contributed by atoms with Crippen molar-refractivity contribution in [2.24, 2.45) is 0 Å². The van der Waals surface area contributed by atoms with Crippen molar-refractivity contribution in [3.8, 4) is 0 Å². The van der Waals surface area contributed by atoms with E-state index in [1.54, 1.807) is 18.2 Å². The van der Waals surface area contributed by atoms with Gasteiger partial charge in [-0.15, -0.1) is 0 Å². The minimum absolute atomic E-state index is 0.0131. The van der Waals surface area contributed by atoms with Crippen LogP contribution >= 0.6 is 0 Å². The first-order valence-electron chi connectivity index (χ1n) is 8.91. The van der Waals surface area contributed by atoms with E-state index in [2.05, 4.69) is 18.7 Å². The third-order valence-corrected chi connectivity index (χ3v) is 4.22. The van der Waals surface area contributed by atoms with E-state index in [9.17, 15) is 14.9 Å². The van der Waals surface area contributed by atoms with E-state index in [4.69, 9.17) is 4.74 Å². The summed E-state index contributed by atoms with van der Waals surface area (Å²) in [4.78, 5) is 24.3. The predicted octanol–water partition coefficient (Wildman–Crippen LogP) is 4.19. The molecule has 2 aromatic carbocycles. The highest BCUT2D eigenvalue weighted by atomic mass is 16.6. The molecule has 0 aromatic heterocycles. The number of nitro benzene ring substituents is 1. The second kappa shape index (κ2) is 10.2. The van der Waals surface area contributed by atoms with Crippen LogP contribution in [0.25, 0.3) is 6.08 Å². The summed E-state index contributed by atoms with van der Waals surface area (Å²) >= 11 is 0. The third-order valence-electron chi connectivity index (χ3n) is 4.22. The normalized spacial score (nSPS) is 11.1. The van der Waals surface area contributed by atoms with Gasteiger partial charge in [-0.05, 0) is 48.0 Å². The highest BCUT2D eigenvalue weighted by Crippen LogP contribution is 2.13. The Balaban J connectivity index is 1.83. The van der Waals surface area contributed by atoms with Gasteiger partial charge >= 0.3 is 5.97 Å². The number of esters is 1. The van der Waals surface area contributed by atoms with Crippen molar-refractivity contribution in [1.82, 2.24) is 4.90 Å². The fraction of sp³-hybridized carbons (Fsp3) is 0.286. The van der Waals surface area contributed by atoms with Gasteiger partial charge in [-0.1, -0.05) is 38.1 Å². The van der Waals surface area contributed by atoms with E-state index in [1.807, 2.05) is 24.3 Å². The summed E-state index contributed by atoms with van der Waals surface area (Å²) in [6.45, 7) is 7.41. The number of hydrogen-bond donors (Lipinski definition) is 0. The summed E-state index contributed by atoms with van der Waals surface area (Å²) in [5.41, 5.74) is 2.86. The first-order valence-corrected chi connectivity index (χ1v) is 8.91. The molecule has 2 rings (SSSR count). The molecule has 0 atom stereocenters. The van der Waals surface area contributed by atoms with Crippen molar-refractivity contribution in [3.05, 3.63) is 81.4 Å². The predicted molar refractivity (Wildman–Crippen MR) is 105 cm³/mol. The molecule has 27 heavy (non-hydrogen) atoms. The largest absolute Gasteiger partial charge is 0.458 e. The number of carbonyl (C=O) groups excluding carboxylic acids is 1. The Hall–Kier alpha value is -2.99. The lowest BCUT2D eigenvalue weighted by molar-refractivity contribution is -0.384. The first-order chi connectivity index (χ1) is 13.0. The smallest absolute Gasteiger partial charge is 0.331 e. The quantitative estimate of drug-likeness (QED) is 0.287. The second-order valence-electron chi connectivity index (χ2n) is 6.07. The molecule has 0 N–H and O–H groups in total. The van der Waals surface area contributed by atoms with E-state index in [0.29, 0.717) is 5.56 Å². The maximum absolute atomic E-state index is 11.8. The standard InChI is InChI=1S/C21H24N2O4/c1-3-22(4-2)15-18-5-7-19(8-6-18)16-27-21(24)14-11-17-9-12-20(13-10-17)23(25)26/h5-14H,3-4,15-16H2,1-2H3/b14-11+. The first kappa shape index (κ1) is 20.3. The molecule has 0 unspecified atom stereocenters. The molecule has 2 aromatic rings. The Bertz CT molecular complexity index is 779. The number of rotatable bonds is 9. The highest BCUT2D eigenvalue weighted by Gasteiger charge is 2.04. The number of nitrogens with zero attached hydrogens (tertiary/aromatic N) is 2. The lowest BCUT2D eigenvalue weighted by Crippen LogP contribution is -2.22. The van der Waals surface area contributed by atoms with Crippen LogP contribution in [-0.2, 0) is 22.7 Å². The summed E-state index contributed by atoms with van der Waals surface area (Å²) in [6, 6.07) is 14.0. The van der Waals surface area contributed by atoms with E-state index < -0.39 is 10.9 Å². The van der Waals surface area contributed by atoms with Crippen LogP contribution in [0.15, 0.2) is 54.6 Å². The van der Waals surface area contributed by atoms with E-state index >= 15 is 0 Å². The van der Waals surface area contributed by atoms with Crippen LogP contribution in [0.2, 0.25) is 0 Å². The lowest BCUT2D eigenvalue weighted by Gasteiger charge is -2.18. The van der Waals surface area contributed by atoms with E-state index in [0.717, 1.165) is 25.2 Å². The highest BCUT2D eigenvalue weighted by molar-refractivity contribution is 5.87. The van der Waals surface area contributed by atoms with Gasteiger partial charge in [0, 0.05) is 24.8 Å². The zero-order chi connectivity index (χ0) is 19.6. The van der Waals surface area contributed by atoms with Gasteiger partial charge < -0.3 is 4.74 Å². The molecule has 0 saturated heterocycles. The molecule has 0 spiro atoms. The van der Waals surface area contributed by atoms with Crippen LogP contribution < -0.4 is 0 Å². The second-order valence-corrected chi connectivity index (χ2v) is 6.07. The maximum Gasteiger partial charge on any atom is 0.331 e. The van der Waals surface area contributed by atoms with Crippen molar-refractivity contribution >= 4 is 17.7 Å². The molecule has 0 bridgehead atoms. The minimum Gasteiger partial charge on any atom is -0.458 e. The van der Waals surface area contributed by atoms with Crippen molar-refractivity contribution in [3.63, 3.8) is 0 Å². The SMILES string of the molecule is CCN(CC)Cc1ccc(COC(=O)/C=C/c2ccc([N+](=O)[O-])cc2)cc1. The molecule has 142 valence electrons. The van der Waals surface area contributed by atoms with Crippen molar-refractivity contribution in [2.45, 2.75) is 27.0 Å². The molecule has 0 amide bonds. The van der Waals surface area contributed by atoms with Crippen LogP contribution in [0.4, 0.5) is 5.69 Å². The molecule has 0 aliphatic heterocycles. The van der Waals surface area contributed by atoms with Crippen molar-refractivity contribution in [2.75, 3.05) is 13.1 Å². The molecule has 0 heterocycles. The zero-order valence-electron chi connectivity index (χ0n) is 15.6.